The van der Waals surface area contributed by atoms with Crippen LogP contribution in [0.3, 0.4) is 0 Å². The third-order valence-corrected chi connectivity index (χ3v) is 4.85. The summed E-state index contributed by atoms with van der Waals surface area (Å²) in [7, 11) is 0. The molecule has 0 atom stereocenters. The minimum Gasteiger partial charge on any atom is -0.380 e. The Labute approximate surface area is 146 Å². The lowest BCUT2D eigenvalue weighted by atomic mass is 9.95. The molecule has 2 aromatic rings. The van der Waals surface area contributed by atoms with Crippen molar-refractivity contribution in [1.29, 1.82) is 0 Å². The number of hydrogen-bond donors (Lipinski definition) is 1. The van der Waals surface area contributed by atoms with Gasteiger partial charge in [-0.3, -0.25) is 9.59 Å². The van der Waals surface area contributed by atoms with Crippen LogP contribution in [-0.4, -0.2) is 16.4 Å². The molecule has 0 amide bonds. The first-order chi connectivity index (χ1) is 11.9. The van der Waals surface area contributed by atoms with Gasteiger partial charge in [0.25, 0.3) is 0 Å². The van der Waals surface area contributed by atoms with E-state index >= 15 is 0 Å². The van der Waals surface area contributed by atoms with Gasteiger partial charge in [-0.25, -0.2) is 4.39 Å². The Balaban J connectivity index is 2.16. The fourth-order valence-corrected chi connectivity index (χ4v) is 3.49. The average molecular weight is 342 g/mol. The molecule has 0 unspecified atom stereocenters. The summed E-state index contributed by atoms with van der Waals surface area (Å²) in [6, 6.07) is 3.13. The first kappa shape index (κ1) is 17.4. The van der Waals surface area contributed by atoms with Crippen LogP contribution in [0.5, 0.6) is 0 Å². The number of rotatable bonds is 4. The second kappa shape index (κ2) is 6.82. The molecular weight excluding hydrogens is 319 g/mol. The normalized spacial score (nSPS) is 15.3. The Morgan fingerprint density at radius 1 is 1.24 bits per heavy atom. The van der Waals surface area contributed by atoms with E-state index in [9.17, 15) is 14.0 Å². The summed E-state index contributed by atoms with van der Waals surface area (Å²) in [5.41, 5.74) is 1.21. The number of aromatic nitrogens is 1. The summed E-state index contributed by atoms with van der Waals surface area (Å²) in [5.74, 6) is -0.809. The number of allylic oxidation sites excluding steroid dienone is 1. The molecule has 132 valence electrons. The van der Waals surface area contributed by atoms with E-state index in [1.165, 1.54) is 25.6 Å². The van der Waals surface area contributed by atoms with E-state index < -0.39 is 11.2 Å². The van der Waals surface area contributed by atoms with Crippen molar-refractivity contribution in [2.45, 2.75) is 52.0 Å². The minimum atomic E-state index is -0.468. The van der Waals surface area contributed by atoms with Crippen LogP contribution in [0.1, 0.15) is 56.3 Å². The molecule has 1 aromatic carbocycles. The van der Waals surface area contributed by atoms with Crippen molar-refractivity contribution in [3.05, 3.63) is 46.5 Å². The second-order valence-corrected chi connectivity index (χ2v) is 6.86. The van der Waals surface area contributed by atoms with Crippen molar-refractivity contribution in [2.24, 2.45) is 0 Å². The van der Waals surface area contributed by atoms with Gasteiger partial charge in [0.15, 0.2) is 11.2 Å². The zero-order chi connectivity index (χ0) is 18.1. The predicted octanol–water partition coefficient (Wildman–Crippen LogP) is 4.58. The molecule has 1 heterocycles. The maximum absolute atomic E-state index is 14.6. The molecular formula is C20H23FN2O2. The van der Waals surface area contributed by atoms with E-state index in [2.05, 4.69) is 11.9 Å². The monoisotopic (exact) mass is 342 g/mol. The molecule has 1 saturated carbocycles. The lowest BCUT2D eigenvalue weighted by Crippen LogP contribution is -2.23. The highest BCUT2D eigenvalue weighted by atomic mass is 19.1. The standard InChI is InChI=1S/C20H23FN2O2/c1-12(2)23-11-16(13(3)24)20(25)15-9-17(21)18(10-19(15)23)22-14-7-5-4-6-8-14/h9-11,14,22H,1,4-8H2,2-3H3. The molecule has 1 fully saturated rings. The second-order valence-electron chi connectivity index (χ2n) is 6.86. The Morgan fingerprint density at radius 3 is 2.52 bits per heavy atom. The number of nitrogens with zero attached hydrogens (tertiary/aromatic N) is 1. The topological polar surface area (TPSA) is 51.1 Å². The van der Waals surface area contributed by atoms with Crippen molar-refractivity contribution in [3.8, 4) is 0 Å². The molecule has 4 nitrogen and oxygen atoms in total. The summed E-state index contributed by atoms with van der Waals surface area (Å²) in [6.45, 7) is 7.03. The van der Waals surface area contributed by atoms with Gasteiger partial charge in [0.2, 0.25) is 0 Å². The van der Waals surface area contributed by atoms with Crippen molar-refractivity contribution >= 4 is 28.1 Å². The van der Waals surface area contributed by atoms with E-state index in [4.69, 9.17) is 0 Å². The number of carbonyl (C=O) groups is 1. The number of nitrogens with one attached hydrogen (secondary N) is 1. The molecule has 5 heteroatoms. The maximum atomic E-state index is 14.6. The Morgan fingerprint density at radius 2 is 1.92 bits per heavy atom. The van der Waals surface area contributed by atoms with Crippen LogP contribution in [0.15, 0.2) is 29.7 Å². The van der Waals surface area contributed by atoms with E-state index in [1.54, 1.807) is 17.6 Å². The number of anilines is 1. The first-order valence-corrected chi connectivity index (χ1v) is 8.70. The van der Waals surface area contributed by atoms with Gasteiger partial charge in [0.05, 0.1) is 16.8 Å². The predicted molar refractivity (Wildman–Crippen MR) is 99.7 cm³/mol. The molecule has 1 aliphatic rings. The molecule has 0 spiro atoms. The lowest BCUT2D eigenvalue weighted by Gasteiger charge is -2.24. The van der Waals surface area contributed by atoms with Crippen LogP contribution in [0.4, 0.5) is 10.1 Å². The Kier molecular flexibility index (Phi) is 4.75. The Hall–Kier alpha value is -2.43. The van der Waals surface area contributed by atoms with Crippen molar-refractivity contribution in [1.82, 2.24) is 4.57 Å². The molecule has 1 N–H and O–H groups in total. The number of hydrogen-bond acceptors (Lipinski definition) is 3. The minimum absolute atomic E-state index is 0.0443. The van der Waals surface area contributed by atoms with Gasteiger partial charge in [-0.15, -0.1) is 0 Å². The summed E-state index contributed by atoms with van der Waals surface area (Å²) in [5, 5.41) is 3.47. The molecule has 0 saturated heterocycles. The van der Waals surface area contributed by atoms with Crippen LogP contribution in [0, 0.1) is 5.82 Å². The fraction of sp³-hybridized carbons (Fsp3) is 0.400. The van der Waals surface area contributed by atoms with Crippen LogP contribution < -0.4 is 10.7 Å². The van der Waals surface area contributed by atoms with Gasteiger partial charge < -0.3 is 9.88 Å². The number of pyridine rings is 1. The van der Waals surface area contributed by atoms with Gasteiger partial charge in [-0.1, -0.05) is 25.8 Å². The Bertz CT molecular complexity index is 908. The summed E-state index contributed by atoms with van der Waals surface area (Å²) >= 11 is 0. The van der Waals surface area contributed by atoms with Gasteiger partial charge in [0.1, 0.15) is 5.82 Å². The number of Topliss-reactive ketones (excluding diaryl/α,β-unsaturated/α-hetero) is 1. The molecule has 3 rings (SSSR count). The van der Waals surface area contributed by atoms with Crippen molar-refractivity contribution in [2.75, 3.05) is 5.32 Å². The van der Waals surface area contributed by atoms with Gasteiger partial charge in [-0.05, 0) is 38.8 Å². The van der Waals surface area contributed by atoms with Gasteiger partial charge >= 0.3 is 0 Å². The van der Waals surface area contributed by atoms with Crippen molar-refractivity contribution < 1.29 is 9.18 Å². The van der Waals surface area contributed by atoms with Gasteiger partial charge in [0, 0.05) is 23.3 Å². The van der Waals surface area contributed by atoms with Crippen molar-refractivity contribution in [3.63, 3.8) is 0 Å². The van der Waals surface area contributed by atoms with Crippen LogP contribution >= 0.6 is 0 Å². The fourth-order valence-electron chi connectivity index (χ4n) is 3.49. The zero-order valence-corrected chi connectivity index (χ0v) is 14.7. The zero-order valence-electron chi connectivity index (χ0n) is 14.7. The number of halogens is 1. The number of benzene rings is 1. The van der Waals surface area contributed by atoms with E-state index in [-0.39, 0.29) is 22.8 Å². The highest BCUT2D eigenvalue weighted by Gasteiger charge is 2.18. The highest BCUT2D eigenvalue weighted by Crippen LogP contribution is 2.27. The molecule has 0 aliphatic heterocycles. The third kappa shape index (κ3) is 3.36. The van der Waals surface area contributed by atoms with E-state index in [1.807, 2.05) is 0 Å². The number of carbonyl (C=O) groups excluding carboxylic acids is 1. The summed E-state index contributed by atoms with van der Waals surface area (Å²) < 4.78 is 16.3. The molecule has 0 bridgehead atoms. The molecule has 1 aromatic heterocycles. The van der Waals surface area contributed by atoms with E-state index in [0.717, 1.165) is 25.7 Å². The average Bonchev–Trinajstić information content (AvgIpc) is 2.57. The highest BCUT2D eigenvalue weighted by molar-refractivity contribution is 5.98. The molecule has 1 aliphatic carbocycles. The summed E-state index contributed by atoms with van der Waals surface area (Å²) in [4.78, 5) is 24.3. The van der Waals surface area contributed by atoms with E-state index in [0.29, 0.717) is 16.9 Å². The number of fused-ring (bicyclic) bond motifs is 1. The summed E-state index contributed by atoms with van der Waals surface area (Å²) in [6.07, 6.45) is 7.05. The van der Waals surface area contributed by atoms with Gasteiger partial charge in [-0.2, -0.15) is 0 Å². The van der Waals surface area contributed by atoms with Crippen LogP contribution in [0.25, 0.3) is 16.6 Å². The SMILES string of the molecule is C=C(C)n1cc(C(C)=O)c(=O)c2cc(F)c(NC3CCCCC3)cc21. The third-order valence-electron chi connectivity index (χ3n) is 4.85. The van der Waals surface area contributed by atoms with Crippen LogP contribution in [-0.2, 0) is 0 Å². The largest absolute Gasteiger partial charge is 0.380 e. The number of ketones is 1. The van der Waals surface area contributed by atoms with Crippen LogP contribution in [0.2, 0.25) is 0 Å². The molecule has 0 radical (unpaired) electrons. The quantitative estimate of drug-likeness (QED) is 0.828. The lowest BCUT2D eigenvalue weighted by molar-refractivity contribution is 0.101. The smallest absolute Gasteiger partial charge is 0.200 e. The maximum Gasteiger partial charge on any atom is 0.200 e. The first-order valence-electron chi connectivity index (χ1n) is 8.70. The molecule has 25 heavy (non-hydrogen) atoms.